The topological polar surface area (TPSA) is 76.2 Å². The molecule has 0 amide bonds. The number of aromatic nitrogens is 2. The molecular weight excluding hydrogens is 264 g/mol. The third-order valence-electron chi connectivity index (χ3n) is 2.55. The lowest BCUT2D eigenvalue weighted by molar-refractivity contribution is 0.0697. The predicted molar refractivity (Wildman–Crippen MR) is 70.0 cm³/mol. The quantitative estimate of drug-likeness (QED) is 0.792. The van der Waals surface area contributed by atoms with Crippen LogP contribution in [-0.4, -0.2) is 21.2 Å². The number of rotatable bonds is 3. The van der Waals surface area contributed by atoms with Gasteiger partial charge in [-0.3, -0.25) is 0 Å². The number of hydrogen-bond donors (Lipinski definition) is 1. The summed E-state index contributed by atoms with van der Waals surface area (Å²) in [7, 11) is 0. The van der Waals surface area contributed by atoms with Gasteiger partial charge in [-0.05, 0) is 23.6 Å². The monoisotopic (exact) mass is 272 g/mol. The minimum atomic E-state index is -0.959. The summed E-state index contributed by atoms with van der Waals surface area (Å²) in [6.45, 7) is 0. The SMILES string of the molecule is O=C(O)c1ccc(-c2noc(-c3cccs3)n2)cc1. The van der Waals surface area contributed by atoms with Crippen LogP contribution in [0.5, 0.6) is 0 Å². The molecule has 0 saturated carbocycles. The zero-order chi connectivity index (χ0) is 13.2. The average molecular weight is 272 g/mol. The lowest BCUT2D eigenvalue weighted by atomic mass is 10.1. The van der Waals surface area contributed by atoms with Crippen LogP contribution in [-0.2, 0) is 0 Å². The fourth-order valence-corrected chi connectivity index (χ4v) is 2.25. The van der Waals surface area contributed by atoms with E-state index in [2.05, 4.69) is 10.1 Å². The summed E-state index contributed by atoms with van der Waals surface area (Å²) in [6.07, 6.45) is 0. The maximum Gasteiger partial charge on any atom is 0.335 e. The lowest BCUT2D eigenvalue weighted by Crippen LogP contribution is -1.95. The Morgan fingerprint density at radius 2 is 2.00 bits per heavy atom. The van der Waals surface area contributed by atoms with Gasteiger partial charge >= 0.3 is 5.97 Å². The van der Waals surface area contributed by atoms with Gasteiger partial charge in [-0.25, -0.2) is 4.79 Å². The predicted octanol–water partition coefficient (Wildman–Crippen LogP) is 3.16. The molecule has 0 fully saturated rings. The van der Waals surface area contributed by atoms with Gasteiger partial charge in [0, 0.05) is 5.56 Å². The van der Waals surface area contributed by atoms with Crippen molar-refractivity contribution in [1.29, 1.82) is 0 Å². The number of aromatic carboxylic acids is 1. The van der Waals surface area contributed by atoms with Gasteiger partial charge in [0.1, 0.15) is 0 Å². The van der Waals surface area contributed by atoms with Crippen molar-refractivity contribution in [3.05, 3.63) is 47.3 Å². The van der Waals surface area contributed by atoms with Gasteiger partial charge in [0.15, 0.2) is 0 Å². The first-order chi connectivity index (χ1) is 9.24. The standard InChI is InChI=1S/C13H8N2O3S/c16-13(17)9-5-3-8(4-6-9)11-14-12(18-15-11)10-2-1-7-19-10/h1-7H,(H,16,17). The molecule has 1 N–H and O–H groups in total. The van der Waals surface area contributed by atoms with E-state index in [1.54, 1.807) is 12.1 Å². The summed E-state index contributed by atoms with van der Waals surface area (Å²) in [6, 6.07) is 10.2. The summed E-state index contributed by atoms with van der Waals surface area (Å²) < 4.78 is 5.17. The first-order valence-corrected chi connectivity index (χ1v) is 6.33. The highest BCUT2D eigenvalue weighted by molar-refractivity contribution is 7.13. The Morgan fingerprint density at radius 1 is 1.21 bits per heavy atom. The number of carboxylic acids is 1. The zero-order valence-corrected chi connectivity index (χ0v) is 10.4. The van der Waals surface area contributed by atoms with Crippen LogP contribution in [0.25, 0.3) is 22.2 Å². The van der Waals surface area contributed by atoms with Crippen LogP contribution in [0.3, 0.4) is 0 Å². The first-order valence-electron chi connectivity index (χ1n) is 5.45. The highest BCUT2D eigenvalue weighted by atomic mass is 32.1. The molecule has 0 atom stereocenters. The Bertz CT molecular complexity index is 702. The van der Waals surface area contributed by atoms with Gasteiger partial charge in [0.2, 0.25) is 5.82 Å². The molecule has 0 unspecified atom stereocenters. The molecule has 3 rings (SSSR count). The molecule has 2 aromatic heterocycles. The number of carbonyl (C=O) groups is 1. The van der Waals surface area contributed by atoms with Gasteiger partial charge in [0.25, 0.3) is 5.89 Å². The molecule has 5 nitrogen and oxygen atoms in total. The Kier molecular flexibility index (Phi) is 2.85. The average Bonchev–Trinajstić information content (AvgIpc) is 3.10. The molecule has 1 aromatic carbocycles. The van der Waals surface area contributed by atoms with E-state index in [9.17, 15) is 4.79 Å². The molecule has 0 radical (unpaired) electrons. The number of hydrogen-bond acceptors (Lipinski definition) is 5. The van der Waals surface area contributed by atoms with Gasteiger partial charge < -0.3 is 9.63 Å². The fraction of sp³-hybridized carbons (Fsp3) is 0. The third-order valence-corrected chi connectivity index (χ3v) is 3.41. The van der Waals surface area contributed by atoms with Crippen molar-refractivity contribution < 1.29 is 14.4 Å². The third kappa shape index (κ3) is 2.25. The molecule has 6 heteroatoms. The van der Waals surface area contributed by atoms with Gasteiger partial charge in [-0.2, -0.15) is 4.98 Å². The van der Waals surface area contributed by atoms with Crippen molar-refractivity contribution in [2.45, 2.75) is 0 Å². The second-order valence-electron chi connectivity index (χ2n) is 3.78. The highest BCUT2D eigenvalue weighted by Crippen LogP contribution is 2.25. The molecule has 0 aliphatic rings. The van der Waals surface area contributed by atoms with Crippen LogP contribution in [0.15, 0.2) is 46.3 Å². The van der Waals surface area contributed by atoms with Crippen LogP contribution < -0.4 is 0 Å². The molecule has 0 aliphatic carbocycles. The molecule has 3 aromatic rings. The second-order valence-corrected chi connectivity index (χ2v) is 4.73. The van der Waals surface area contributed by atoms with Crippen molar-refractivity contribution in [1.82, 2.24) is 10.1 Å². The fourth-order valence-electron chi connectivity index (χ4n) is 1.60. The van der Waals surface area contributed by atoms with Gasteiger partial charge in [-0.15, -0.1) is 11.3 Å². The molecule has 2 heterocycles. The van der Waals surface area contributed by atoms with E-state index >= 15 is 0 Å². The summed E-state index contributed by atoms with van der Waals surface area (Å²) in [5.74, 6) is -0.0495. The summed E-state index contributed by atoms with van der Waals surface area (Å²) in [5.41, 5.74) is 0.947. The van der Waals surface area contributed by atoms with Crippen LogP contribution in [0.2, 0.25) is 0 Å². The number of thiophene rings is 1. The van der Waals surface area contributed by atoms with Crippen LogP contribution in [0, 0.1) is 0 Å². The van der Waals surface area contributed by atoms with E-state index in [1.165, 1.54) is 23.5 Å². The Morgan fingerprint density at radius 3 is 2.63 bits per heavy atom. The number of carboxylic acid groups (broad SMARTS) is 1. The Hall–Kier alpha value is -2.47. The smallest absolute Gasteiger partial charge is 0.335 e. The summed E-state index contributed by atoms with van der Waals surface area (Å²) in [4.78, 5) is 15.9. The van der Waals surface area contributed by atoms with Crippen molar-refractivity contribution in [2.24, 2.45) is 0 Å². The molecule has 0 bridgehead atoms. The molecule has 19 heavy (non-hydrogen) atoms. The van der Waals surface area contributed by atoms with Gasteiger partial charge in [0.05, 0.1) is 10.4 Å². The van der Waals surface area contributed by atoms with Crippen molar-refractivity contribution in [3.63, 3.8) is 0 Å². The van der Waals surface area contributed by atoms with Crippen molar-refractivity contribution in [3.8, 4) is 22.2 Å². The van der Waals surface area contributed by atoms with Crippen LogP contribution in [0.4, 0.5) is 0 Å². The normalized spacial score (nSPS) is 10.5. The minimum Gasteiger partial charge on any atom is -0.478 e. The molecule has 0 aliphatic heterocycles. The molecule has 0 spiro atoms. The zero-order valence-electron chi connectivity index (χ0n) is 9.61. The molecule has 94 valence electrons. The lowest BCUT2D eigenvalue weighted by Gasteiger charge is -1.95. The van der Waals surface area contributed by atoms with E-state index in [0.29, 0.717) is 11.7 Å². The van der Waals surface area contributed by atoms with Gasteiger partial charge in [-0.1, -0.05) is 23.4 Å². The highest BCUT2D eigenvalue weighted by Gasteiger charge is 2.11. The minimum absolute atomic E-state index is 0.228. The first kappa shape index (κ1) is 11.6. The van der Waals surface area contributed by atoms with Crippen LogP contribution in [0.1, 0.15) is 10.4 Å². The number of nitrogens with zero attached hydrogens (tertiary/aromatic N) is 2. The largest absolute Gasteiger partial charge is 0.478 e. The maximum atomic E-state index is 10.8. The summed E-state index contributed by atoms with van der Waals surface area (Å²) in [5, 5.41) is 14.6. The van der Waals surface area contributed by atoms with Crippen molar-refractivity contribution >= 4 is 17.3 Å². The summed E-state index contributed by atoms with van der Waals surface area (Å²) >= 11 is 1.52. The van der Waals surface area contributed by atoms with Crippen molar-refractivity contribution in [2.75, 3.05) is 0 Å². The van der Waals surface area contributed by atoms with E-state index in [4.69, 9.17) is 9.63 Å². The van der Waals surface area contributed by atoms with Crippen LogP contribution >= 0.6 is 11.3 Å². The molecular formula is C13H8N2O3S. The Labute approximate surface area is 112 Å². The van der Waals surface area contributed by atoms with E-state index in [-0.39, 0.29) is 5.56 Å². The van der Waals surface area contributed by atoms with E-state index in [0.717, 1.165) is 10.4 Å². The second kappa shape index (κ2) is 4.66. The maximum absolute atomic E-state index is 10.8. The van der Waals surface area contributed by atoms with E-state index in [1.807, 2.05) is 17.5 Å². The molecule has 0 saturated heterocycles. The number of benzene rings is 1. The van der Waals surface area contributed by atoms with E-state index < -0.39 is 5.97 Å². The Balaban J connectivity index is 1.92.